The number of nitrogens with one attached hydrogen (secondary N) is 2. The lowest BCUT2D eigenvalue weighted by Crippen LogP contribution is -2.37. The number of benzene rings is 1. The molecule has 26 heavy (non-hydrogen) atoms. The van der Waals surface area contributed by atoms with Crippen molar-refractivity contribution in [1.29, 1.82) is 0 Å². The minimum absolute atomic E-state index is 0.0646. The molecule has 1 aliphatic rings. The SMILES string of the molecule is C=CCNc1ccccc1C(=O)NC[C@@H](c1cccnc1)N1CCCC1. The monoisotopic (exact) mass is 350 g/mol. The highest BCUT2D eigenvalue weighted by Crippen LogP contribution is 2.24. The van der Waals surface area contributed by atoms with Gasteiger partial charge in [0.15, 0.2) is 0 Å². The quantitative estimate of drug-likeness (QED) is 0.718. The van der Waals surface area contributed by atoms with Crippen molar-refractivity contribution in [2.24, 2.45) is 0 Å². The molecule has 0 unspecified atom stereocenters. The van der Waals surface area contributed by atoms with E-state index in [2.05, 4.69) is 33.2 Å². The number of nitrogens with zero attached hydrogens (tertiary/aromatic N) is 2. The van der Waals surface area contributed by atoms with E-state index in [0.29, 0.717) is 18.7 Å². The van der Waals surface area contributed by atoms with Gasteiger partial charge in [-0.2, -0.15) is 0 Å². The lowest BCUT2D eigenvalue weighted by molar-refractivity contribution is 0.0938. The molecular weight excluding hydrogens is 324 g/mol. The molecule has 1 aromatic heterocycles. The van der Waals surface area contributed by atoms with Gasteiger partial charge >= 0.3 is 0 Å². The Bertz CT molecular complexity index is 726. The number of likely N-dealkylation sites (tertiary alicyclic amines) is 1. The molecule has 0 bridgehead atoms. The van der Waals surface area contributed by atoms with E-state index in [1.54, 1.807) is 12.3 Å². The van der Waals surface area contributed by atoms with Gasteiger partial charge in [-0.15, -0.1) is 6.58 Å². The zero-order chi connectivity index (χ0) is 18.2. The van der Waals surface area contributed by atoms with Crippen LogP contribution in [0.3, 0.4) is 0 Å². The van der Waals surface area contributed by atoms with Crippen LogP contribution >= 0.6 is 0 Å². The average molecular weight is 350 g/mol. The Morgan fingerprint density at radius 3 is 2.77 bits per heavy atom. The van der Waals surface area contributed by atoms with Crippen LogP contribution in [0.25, 0.3) is 0 Å². The molecule has 0 aliphatic carbocycles. The van der Waals surface area contributed by atoms with E-state index < -0.39 is 0 Å². The fraction of sp³-hybridized carbons (Fsp3) is 0.333. The molecule has 1 amide bonds. The highest BCUT2D eigenvalue weighted by Gasteiger charge is 2.24. The smallest absolute Gasteiger partial charge is 0.253 e. The molecule has 1 aliphatic heterocycles. The fourth-order valence-corrected chi connectivity index (χ4v) is 3.39. The van der Waals surface area contributed by atoms with Gasteiger partial charge in [0.1, 0.15) is 0 Å². The van der Waals surface area contributed by atoms with Gasteiger partial charge in [0.2, 0.25) is 0 Å². The van der Waals surface area contributed by atoms with Gasteiger partial charge in [0, 0.05) is 31.2 Å². The molecule has 1 saturated heterocycles. The lowest BCUT2D eigenvalue weighted by atomic mass is 10.1. The van der Waals surface area contributed by atoms with Crippen LogP contribution in [0.2, 0.25) is 0 Å². The molecule has 2 heterocycles. The molecule has 2 N–H and O–H groups in total. The summed E-state index contributed by atoms with van der Waals surface area (Å²) >= 11 is 0. The Kier molecular flexibility index (Phi) is 6.39. The van der Waals surface area contributed by atoms with Gasteiger partial charge in [-0.1, -0.05) is 24.3 Å². The highest BCUT2D eigenvalue weighted by atomic mass is 16.1. The number of rotatable bonds is 8. The molecule has 5 heteroatoms. The van der Waals surface area contributed by atoms with Gasteiger partial charge in [0.25, 0.3) is 5.91 Å². The van der Waals surface area contributed by atoms with Crippen LogP contribution in [0.15, 0.2) is 61.4 Å². The third-order valence-corrected chi connectivity index (χ3v) is 4.72. The van der Waals surface area contributed by atoms with Crippen molar-refractivity contribution in [3.05, 3.63) is 72.6 Å². The second-order valence-electron chi connectivity index (χ2n) is 6.47. The molecule has 2 aromatic rings. The van der Waals surface area contributed by atoms with Crippen molar-refractivity contribution in [2.75, 3.05) is 31.5 Å². The summed E-state index contributed by atoms with van der Waals surface area (Å²) in [6, 6.07) is 11.8. The molecule has 1 aromatic carbocycles. The van der Waals surface area contributed by atoms with Crippen LogP contribution in [-0.2, 0) is 0 Å². The highest BCUT2D eigenvalue weighted by molar-refractivity contribution is 5.99. The molecule has 1 fully saturated rings. The number of amides is 1. The largest absolute Gasteiger partial charge is 0.381 e. The van der Waals surface area contributed by atoms with Gasteiger partial charge in [-0.3, -0.25) is 14.7 Å². The molecule has 0 spiro atoms. The van der Waals surface area contributed by atoms with Crippen LogP contribution in [0, 0.1) is 0 Å². The number of carbonyl (C=O) groups is 1. The summed E-state index contributed by atoms with van der Waals surface area (Å²) in [5, 5.41) is 6.34. The summed E-state index contributed by atoms with van der Waals surface area (Å²) in [6.45, 7) is 7.03. The predicted molar refractivity (Wildman–Crippen MR) is 105 cm³/mol. The predicted octanol–water partition coefficient (Wildman–Crippen LogP) is 3.25. The fourth-order valence-electron chi connectivity index (χ4n) is 3.39. The second-order valence-corrected chi connectivity index (χ2v) is 6.47. The minimum atomic E-state index is -0.0646. The summed E-state index contributed by atoms with van der Waals surface area (Å²) < 4.78 is 0. The summed E-state index contributed by atoms with van der Waals surface area (Å²) in [5.41, 5.74) is 2.62. The van der Waals surface area contributed by atoms with Crippen LogP contribution in [-0.4, -0.2) is 42.0 Å². The van der Waals surface area contributed by atoms with E-state index in [1.807, 2.05) is 36.5 Å². The number of pyridine rings is 1. The first kappa shape index (κ1) is 18.1. The van der Waals surface area contributed by atoms with Gasteiger partial charge in [-0.05, 0) is 49.7 Å². The molecule has 3 rings (SSSR count). The Hall–Kier alpha value is -2.66. The average Bonchev–Trinajstić information content (AvgIpc) is 3.22. The molecule has 136 valence electrons. The first-order chi connectivity index (χ1) is 12.8. The molecule has 0 saturated carbocycles. The zero-order valence-electron chi connectivity index (χ0n) is 15.0. The van der Waals surface area contributed by atoms with Crippen molar-refractivity contribution in [3.63, 3.8) is 0 Å². The van der Waals surface area contributed by atoms with Crippen molar-refractivity contribution < 1.29 is 4.79 Å². The van der Waals surface area contributed by atoms with Crippen molar-refractivity contribution >= 4 is 11.6 Å². The summed E-state index contributed by atoms with van der Waals surface area (Å²) in [7, 11) is 0. The van der Waals surface area contributed by atoms with Gasteiger partial charge in [0.05, 0.1) is 11.6 Å². The van der Waals surface area contributed by atoms with Crippen molar-refractivity contribution in [2.45, 2.75) is 18.9 Å². The molecular formula is C21H26N4O. The summed E-state index contributed by atoms with van der Waals surface area (Å²) in [5.74, 6) is -0.0646. The summed E-state index contributed by atoms with van der Waals surface area (Å²) in [4.78, 5) is 19.4. The minimum Gasteiger partial charge on any atom is -0.381 e. The Labute approximate surface area is 155 Å². The zero-order valence-corrected chi connectivity index (χ0v) is 15.0. The van der Waals surface area contributed by atoms with Crippen LogP contribution < -0.4 is 10.6 Å². The van der Waals surface area contributed by atoms with E-state index in [9.17, 15) is 4.79 Å². The molecule has 1 atom stereocenters. The number of carbonyl (C=O) groups excluding carboxylic acids is 1. The van der Waals surface area contributed by atoms with E-state index in [0.717, 1.165) is 24.3 Å². The normalized spacial score (nSPS) is 15.4. The maximum absolute atomic E-state index is 12.8. The van der Waals surface area contributed by atoms with Crippen LogP contribution in [0.1, 0.15) is 34.8 Å². The standard InChI is InChI=1S/C21H26N4O/c1-2-11-23-19-10-4-3-9-18(19)21(26)24-16-20(25-13-5-6-14-25)17-8-7-12-22-15-17/h2-4,7-10,12,15,20,23H,1,5-6,11,13-14,16H2,(H,24,26)/t20-/m0/s1. The Balaban J connectivity index is 1.71. The maximum atomic E-state index is 12.8. The van der Waals surface area contributed by atoms with Gasteiger partial charge in [-0.25, -0.2) is 0 Å². The number of aromatic nitrogens is 1. The van der Waals surface area contributed by atoms with E-state index >= 15 is 0 Å². The van der Waals surface area contributed by atoms with Gasteiger partial charge < -0.3 is 10.6 Å². The number of para-hydroxylation sites is 1. The van der Waals surface area contributed by atoms with Crippen molar-refractivity contribution in [1.82, 2.24) is 15.2 Å². The van der Waals surface area contributed by atoms with E-state index in [-0.39, 0.29) is 11.9 Å². The number of anilines is 1. The maximum Gasteiger partial charge on any atom is 0.253 e. The first-order valence-electron chi connectivity index (χ1n) is 9.15. The Morgan fingerprint density at radius 1 is 1.23 bits per heavy atom. The molecule has 0 radical (unpaired) electrons. The van der Waals surface area contributed by atoms with Crippen LogP contribution in [0.5, 0.6) is 0 Å². The number of hydrogen-bond acceptors (Lipinski definition) is 4. The van der Waals surface area contributed by atoms with Crippen LogP contribution in [0.4, 0.5) is 5.69 Å². The number of hydrogen-bond donors (Lipinski definition) is 2. The third kappa shape index (κ3) is 4.49. The molecule has 5 nitrogen and oxygen atoms in total. The summed E-state index contributed by atoms with van der Waals surface area (Å²) in [6.07, 6.45) is 7.87. The van der Waals surface area contributed by atoms with E-state index in [4.69, 9.17) is 0 Å². The van der Waals surface area contributed by atoms with Crippen molar-refractivity contribution in [3.8, 4) is 0 Å². The lowest BCUT2D eigenvalue weighted by Gasteiger charge is -2.28. The third-order valence-electron chi connectivity index (χ3n) is 4.72. The Morgan fingerprint density at radius 2 is 2.04 bits per heavy atom. The topological polar surface area (TPSA) is 57.3 Å². The second kappa shape index (κ2) is 9.15. The van der Waals surface area contributed by atoms with E-state index in [1.165, 1.54) is 12.8 Å². The first-order valence-corrected chi connectivity index (χ1v) is 9.15.